The zero-order chi connectivity index (χ0) is 12.8. The Kier molecular flexibility index (Phi) is 5.56. The van der Waals surface area contributed by atoms with E-state index in [2.05, 4.69) is 19.2 Å². The van der Waals surface area contributed by atoms with Gasteiger partial charge in [-0.05, 0) is 25.5 Å². The first-order chi connectivity index (χ1) is 8.12. The molecule has 1 N–H and O–H groups in total. The topological polar surface area (TPSA) is 12.0 Å². The molecule has 96 valence electrons. The molecule has 0 saturated heterocycles. The Morgan fingerprint density at radius 1 is 1.18 bits per heavy atom. The first kappa shape index (κ1) is 14.1. The van der Waals surface area contributed by atoms with Crippen molar-refractivity contribution in [2.24, 2.45) is 5.92 Å². The van der Waals surface area contributed by atoms with E-state index in [-0.39, 0.29) is 6.04 Å². The molecule has 0 amide bonds. The Hall–Kier alpha value is -0.960. The molecule has 17 heavy (non-hydrogen) atoms. The number of benzene rings is 1. The summed E-state index contributed by atoms with van der Waals surface area (Å²) in [5.74, 6) is -0.421. The lowest BCUT2D eigenvalue weighted by atomic mass is 9.91. The van der Waals surface area contributed by atoms with Crippen LogP contribution in [0.4, 0.5) is 8.78 Å². The number of hydrogen-bond acceptors (Lipinski definition) is 1. The fraction of sp³-hybridized carbons (Fsp3) is 0.571. The van der Waals surface area contributed by atoms with E-state index in [1.807, 2.05) is 7.05 Å². The fourth-order valence-electron chi connectivity index (χ4n) is 2.14. The quantitative estimate of drug-likeness (QED) is 0.792. The molecule has 1 aromatic carbocycles. The van der Waals surface area contributed by atoms with Crippen LogP contribution in [-0.4, -0.2) is 7.05 Å². The smallest absolute Gasteiger partial charge is 0.130 e. The number of rotatable bonds is 6. The highest BCUT2D eigenvalue weighted by Crippen LogP contribution is 2.27. The van der Waals surface area contributed by atoms with Gasteiger partial charge >= 0.3 is 0 Å². The minimum absolute atomic E-state index is 0.0412. The van der Waals surface area contributed by atoms with Crippen molar-refractivity contribution in [2.75, 3.05) is 7.05 Å². The SMILES string of the molecule is CCC(CC)CC(NC)c1ccc(F)cc1F. The summed E-state index contributed by atoms with van der Waals surface area (Å²) in [6, 6.07) is 3.76. The van der Waals surface area contributed by atoms with Crippen molar-refractivity contribution in [1.82, 2.24) is 5.32 Å². The molecule has 1 atom stereocenters. The van der Waals surface area contributed by atoms with Crippen molar-refractivity contribution in [2.45, 2.75) is 39.2 Å². The molecule has 1 rings (SSSR count). The van der Waals surface area contributed by atoms with Crippen LogP contribution in [0.25, 0.3) is 0 Å². The molecule has 1 aromatic rings. The summed E-state index contributed by atoms with van der Waals surface area (Å²) in [5.41, 5.74) is 0.556. The van der Waals surface area contributed by atoms with Crippen molar-refractivity contribution in [3.05, 3.63) is 35.4 Å². The van der Waals surface area contributed by atoms with E-state index in [1.54, 1.807) is 0 Å². The van der Waals surface area contributed by atoms with Gasteiger partial charge < -0.3 is 5.32 Å². The molecule has 0 radical (unpaired) electrons. The Bertz CT molecular complexity index is 348. The van der Waals surface area contributed by atoms with Gasteiger partial charge in [-0.3, -0.25) is 0 Å². The van der Waals surface area contributed by atoms with E-state index < -0.39 is 11.6 Å². The van der Waals surface area contributed by atoms with E-state index in [1.165, 1.54) is 12.1 Å². The van der Waals surface area contributed by atoms with E-state index in [0.717, 1.165) is 25.3 Å². The molecule has 0 aliphatic rings. The summed E-state index contributed by atoms with van der Waals surface area (Å²) in [6.45, 7) is 4.28. The second-order valence-electron chi connectivity index (χ2n) is 4.43. The first-order valence-electron chi connectivity index (χ1n) is 6.24. The van der Waals surface area contributed by atoms with Crippen LogP contribution < -0.4 is 5.32 Å². The highest BCUT2D eigenvalue weighted by molar-refractivity contribution is 5.22. The molecular weight excluding hydrogens is 220 g/mol. The van der Waals surface area contributed by atoms with Crippen LogP contribution >= 0.6 is 0 Å². The minimum Gasteiger partial charge on any atom is -0.313 e. The van der Waals surface area contributed by atoms with Crippen LogP contribution in [0.3, 0.4) is 0 Å². The Morgan fingerprint density at radius 3 is 2.29 bits per heavy atom. The van der Waals surface area contributed by atoms with E-state index >= 15 is 0 Å². The Labute approximate surface area is 102 Å². The van der Waals surface area contributed by atoms with Gasteiger partial charge in [-0.1, -0.05) is 32.8 Å². The number of nitrogens with one attached hydrogen (secondary N) is 1. The van der Waals surface area contributed by atoms with E-state index in [4.69, 9.17) is 0 Å². The summed E-state index contributed by atoms with van der Waals surface area (Å²) in [6.07, 6.45) is 3.04. The molecule has 0 fully saturated rings. The summed E-state index contributed by atoms with van der Waals surface area (Å²) in [5, 5.41) is 3.12. The van der Waals surface area contributed by atoms with Gasteiger partial charge in [-0.15, -0.1) is 0 Å². The van der Waals surface area contributed by atoms with Crippen molar-refractivity contribution in [3.8, 4) is 0 Å². The number of halogens is 2. The average molecular weight is 241 g/mol. The van der Waals surface area contributed by atoms with Crippen LogP contribution in [0.1, 0.15) is 44.7 Å². The van der Waals surface area contributed by atoms with Gasteiger partial charge in [0.05, 0.1) is 0 Å². The van der Waals surface area contributed by atoms with Crippen LogP contribution in [0, 0.1) is 17.6 Å². The standard InChI is InChI=1S/C14H21F2N/c1-4-10(5-2)8-14(17-3)12-7-6-11(15)9-13(12)16/h6-7,9-10,14,17H,4-5,8H2,1-3H3. The monoisotopic (exact) mass is 241 g/mol. The molecule has 1 nitrogen and oxygen atoms in total. The molecule has 0 spiro atoms. The summed E-state index contributed by atoms with van der Waals surface area (Å²) in [4.78, 5) is 0. The molecule has 0 heterocycles. The average Bonchev–Trinajstić information content (AvgIpc) is 2.32. The maximum atomic E-state index is 13.7. The summed E-state index contributed by atoms with van der Waals surface area (Å²) >= 11 is 0. The molecular formula is C14H21F2N. The third kappa shape index (κ3) is 3.77. The van der Waals surface area contributed by atoms with Crippen molar-refractivity contribution in [3.63, 3.8) is 0 Å². The molecule has 1 unspecified atom stereocenters. The Morgan fingerprint density at radius 2 is 1.82 bits per heavy atom. The molecule has 0 aromatic heterocycles. The van der Waals surface area contributed by atoms with Gasteiger partial charge in [0.25, 0.3) is 0 Å². The predicted molar refractivity (Wildman–Crippen MR) is 66.8 cm³/mol. The zero-order valence-electron chi connectivity index (χ0n) is 10.8. The highest BCUT2D eigenvalue weighted by atomic mass is 19.1. The van der Waals surface area contributed by atoms with Gasteiger partial charge in [0, 0.05) is 17.7 Å². The maximum absolute atomic E-state index is 13.7. The lowest BCUT2D eigenvalue weighted by Gasteiger charge is -2.22. The lowest BCUT2D eigenvalue weighted by Crippen LogP contribution is -2.20. The van der Waals surface area contributed by atoms with Gasteiger partial charge in [-0.25, -0.2) is 8.78 Å². The normalized spacial score (nSPS) is 13.1. The minimum atomic E-state index is -0.524. The predicted octanol–water partition coefficient (Wildman–Crippen LogP) is 4.05. The van der Waals surface area contributed by atoms with Gasteiger partial charge in [0.1, 0.15) is 11.6 Å². The van der Waals surface area contributed by atoms with Gasteiger partial charge in [0.15, 0.2) is 0 Å². The Balaban J connectivity index is 2.85. The third-order valence-corrected chi connectivity index (χ3v) is 3.41. The zero-order valence-corrected chi connectivity index (χ0v) is 10.8. The maximum Gasteiger partial charge on any atom is 0.130 e. The van der Waals surface area contributed by atoms with Crippen molar-refractivity contribution in [1.29, 1.82) is 0 Å². The van der Waals surface area contributed by atoms with Gasteiger partial charge in [0.2, 0.25) is 0 Å². The van der Waals surface area contributed by atoms with Crippen LogP contribution in [0.5, 0.6) is 0 Å². The second-order valence-corrected chi connectivity index (χ2v) is 4.43. The fourth-order valence-corrected chi connectivity index (χ4v) is 2.14. The van der Waals surface area contributed by atoms with E-state index in [9.17, 15) is 8.78 Å². The summed E-state index contributed by atoms with van der Waals surface area (Å²) < 4.78 is 26.5. The molecule has 0 saturated carbocycles. The number of hydrogen-bond donors (Lipinski definition) is 1. The molecule has 0 aliphatic carbocycles. The van der Waals surface area contributed by atoms with E-state index in [0.29, 0.717) is 11.5 Å². The van der Waals surface area contributed by atoms with Gasteiger partial charge in [-0.2, -0.15) is 0 Å². The second kappa shape index (κ2) is 6.70. The summed E-state index contributed by atoms with van der Waals surface area (Å²) in [7, 11) is 1.82. The largest absolute Gasteiger partial charge is 0.313 e. The molecule has 3 heteroatoms. The van der Waals surface area contributed by atoms with Crippen LogP contribution in [0.2, 0.25) is 0 Å². The molecule has 0 bridgehead atoms. The third-order valence-electron chi connectivity index (χ3n) is 3.41. The molecule has 0 aliphatic heterocycles. The van der Waals surface area contributed by atoms with Crippen LogP contribution in [0.15, 0.2) is 18.2 Å². The van der Waals surface area contributed by atoms with Crippen molar-refractivity contribution >= 4 is 0 Å². The first-order valence-corrected chi connectivity index (χ1v) is 6.24. The van der Waals surface area contributed by atoms with Crippen molar-refractivity contribution < 1.29 is 8.78 Å². The highest BCUT2D eigenvalue weighted by Gasteiger charge is 2.18. The van der Waals surface area contributed by atoms with Crippen LogP contribution in [-0.2, 0) is 0 Å². The lowest BCUT2D eigenvalue weighted by molar-refractivity contribution is 0.377.